The number of halogens is 1. The Labute approximate surface area is 110 Å². The molecule has 0 bridgehead atoms. The quantitative estimate of drug-likeness (QED) is 0.919. The van der Waals surface area contributed by atoms with Crippen LogP contribution in [0.25, 0.3) is 0 Å². The molecule has 1 heterocycles. The normalized spacial score (nSPS) is 10.7. The lowest BCUT2D eigenvalue weighted by atomic mass is 10.2. The fraction of sp³-hybridized carbons (Fsp3) is 0.308. The standard InChI is InChI=1S/C13H16BrN3/c1-2-17-8-7-16-13(17)10-15-9-11-3-5-12(14)6-4-11/h3-8,15H,2,9-10H2,1H3. The Kier molecular flexibility index (Phi) is 4.34. The van der Waals surface area contributed by atoms with E-state index >= 15 is 0 Å². The highest BCUT2D eigenvalue weighted by Gasteiger charge is 2.00. The van der Waals surface area contributed by atoms with Gasteiger partial charge in [0.2, 0.25) is 0 Å². The molecule has 0 amide bonds. The van der Waals surface area contributed by atoms with Gasteiger partial charge in [-0.05, 0) is 24.6 Å². The zero-order valence-corrected chi connectivity index (χ0v) is 11.4. The molecule has 3 nitrogen and oxygen atoms in total. The van der Waals surface area contributed by atoms with E-state index in [4.69, 9.17) is 0 Å². The Morgan fingerprint density at radius 1 is 1.24 bits per heavy atom. The highest BCUT2D eigenvalue weighted by molar-refractivity contribution is 9.10. The maximum atomic E-state index is 4.33. The van der Waals surface area contributed by atoms with Crippen molar-refractivity contribution in [2.24, 2.45) is 0 Å². The summed E-state index contributed by atoms with van der Waals surface area (Å²) in [5.41, 5.74) is 1.28. The van der Waals surface area contributed by atoms with Gasteiger partial charge in [0.05, 0.1) is 6.54 Å². The Morgan fingerprint density at radius 3 is 2.71 bits per heavy atom. The van der Waals surface area contributed by atoms with Crippen molar-refractivity contribution < 1.29 is 0 Å². The first kappa shape index (κ1) is 12.3. The first-order chi connectivity index (χ1) is 8.29. The second-order valence-electron chi connectivity index (χ2n) is 3.86. The summed E-state index contributed by atoms with van der Waals surface area (Å²) in [6.45, 7) is 4.76. The maximum Gasteiger partial charge on any atom is 0.122 e. The van der Waals surface area contributed by atoms with Crippen molar-refractivity contribution in [1.82, 2.24) is 14.9 Å². The van der Waals surface area contributed by atoms with E-state index in [1.54, 1.807) is 0 Å². The van der Waals surface area contributed by atoms with Gasteiger partial charge in [-0.3, -0.25) is 0 Å². The third kappa shape index (κ3) is 3.41. The van der Waals surface area contributed by atoms with Crippen molar-refractivity contribution in [2.45, 2.75) is 26.6 Å². The summed E-state index contributed by atoms with van der Waals surface area (Å²) in [6.07, 6.45) is 3.86. The molecule has 1 N–H and O–H groups in total. The number of aromatic nitrogens is 2. The molecule has 0 radical (unpaired) electrons. The molecule has 2 rings (SSSR count). The van der Waals surface area contributed by atoms with E-state index in [2.05, 4.69) is 62.0 Å². The number of rotatable bonds is 5. The van der Waals surface area contributed by atoms with E-state index in [0.29, 0.717) is 0 Å². The Morgan fingerprint density at radius 2 is 2.00 bits per heavy atom. The summed E-state index contributed by atoms with van der Waals surface area (Å²) in [6, 6.07) is 8.35. The molecule has 0 unspecified atom stereocenters. The lowest BCUT2D eigenvalue weighted by Gasteiger charge is -2.06. The largest absolute Gasteiger partial charge is 0.334 e. The Bertz CT molecular complexity index is 462. The number of hydrogen-bond acceptors (Lipinski definition) is 2. The van der Waals surface area contributed by atoms with Crippen molar-refractivity contribution in [1.29, 1.82) is 0 Å². The molecular weight excluding hydrogens is 278 g/mol. The molecule has 0 fully saturated rings. The predicted octanol–water partition coefficient (Wildman–Crippen LogP) is 2.96. The average Bonchev–Trinajstić information content (AvgIpc) is 2.79. The summed E-state index contributed by atoms with van der Waals surface area (Å²) in [4.78, 5) is 4.33. The number of nitrogens with zero attached hydrogens (tertiary/aromatic N) is 2. The molecule has 4 heteroatoms. The van der Waals surface area contributed by atoms with Gasteiger partial charge < -0.3 is 9.88 Å². The summed E-state index contributed by atoms with van der Waals surface area (Å²) < 4.78 is 3.26. The van der Waals surface area contributed by atoms with E-state index in [0.717, 1.165) is 29.9 Å². The molecule has 0 atom stereocenters. The van der Waals surface area contributed by atoms with Crippen LogP contribution in [0.5, 0.6) is 0 Å². The molecule has 1 aromatic heterocycles. The number of hydrogen-bond donors (Lipinski definition) is 1. The third-order valence-electron chi connectivity index (χ3n) is 2.67. The topological polar surface area (TPSA) is 29.9 Å². The van der Waals surface area contributed by atoms with Crippen molar-refractivity contribution in [3.8, 4) is 0 Å². The highest BCUT2D eigenvalue weighted by Crippen LogP contribution is 2.10. The van der Waals surface area contributed by atoms with Crippen LogP contribution in [-0.2, 0) is 19.6 Å². The van der Waals surface area contributed by atoms with Crippen LogP contribution >= 0.6 is 15.9 Å². The van der Waals surface area contributed by atoms with Crippen molar-refractivity contribution >= 4 is 15.9 Å². The third-order valence-corrected chi connectivity index (χ3v) is 3.20. The van der Waals surface area contributed by atoms with Gasteiger partial charge >= 0.3 is 0 Å². The van der Waals surface area contributed by atoms with E-state index < -0.39 is 0 Å². The number of imidazole rings is 1. The Balaban J connectivity index is 1.85. The van der Waals surface area contributed by atoms with E-state index in [-0.39, 0.29) is 0 Å². The highest BCUT2D eigenvalue weighted by atomic mass is 79.9. The summed E-state index contributed by atoms with van der Waals surface area (Å²) >= 11 is 3.43. The molecule has 2 aromatic rings. The minimum atomic E-state index is 0.802. The van der Waals surface area contributed by atoms with Gasteiger partial charge in [-0.1, -0.05) is 28.1 Å². The first-order valence-electron chi connectivity index (χ1n) is 5.74. The second-order valence-corrected chi connectivity index (χ2v) is 4.78. The van der Waals surface area contributed by atoms with Crippen LogP contribution < -0.4 is 5.32 Å². The molecule has 1 aromatic carbocycles. The molecule has 0 spiro atoms. The van der Waals surface area contributed by atoms with Gasteiger partial charge in [-0.15, -0.1) is 0 Å². The van der Waals surface area contributed by atoms with Crippen LogP contribution in [0.3, 0.4) is 0 Å². The summed E-state index contributed by atoms with van der Waals surface area (Å²) in [7, 11) is 0. The fourth-order valence-electron chi connectivity index (χ4n) is 1.72. The van der Waals surface area contributed by atoms with Gasteiger partial charge in [0, 0.05) is 30.0 Å². The lowest BCUT2D eigenvalue weighted by Crippen LogP contribution is -2.16. The van der Waals surface area contributed by atoms with Crippen LogP contribution in [0.15, 0.2) is 41.1 Å². The molecule has 0 saturated carbocycles. The first-order valence-corrected chi connectivity index (χ1v) is 6.54. The molecular formula is C13H16BrN3. The van der Waals surface area contributed by atoms with Gasteiger partial charge in [0.25, 0.3) is 0 Å². The Hall–Kier alpha value is -1.13. The van der Waals surface area contributed by atoms with Gasteiger partial charge in [0.1, 0.15) is 5.82 Å². The van der Waals surface area contributed by atoms with Gasteiger partial charge in [-0.2, -0.15) is 0 Å². The SMILES string of the molecule is CCn1ccnc1CNCc1ccc(Br)cc1. The zero-order valence-electron chi connectivity index (χ0n) is 9.86. The monoisotopic (exact) mass is 293 g/mol. The smallest absolute Gasteiger partial charge is 0.122 e. The number of nitrogens with one attached hydrogen (secondary N) is 1. The minimum Gasteiger partial charge on any atom is -0.334 e. The van der Waals surface area contributed by atoms with Crippen LogP contribution in [0.2, 0.25) is 0 Å². The minimum absolute atomic E-state index is 0.802. The van der Waals surface area contributed by atoms with E-state index in [1.165, 1.54) is 5.56 Å². The maximum absolute atomic E-state index is 4.33. The molecule has 90 valence electrons. The summed E-state index contributed by atoms with van der Waals surface area (Å²) in [5.74, 6) is 1.09. The number of benzene rings is 1. The van der Waals surface area contributed by atoms with Crippen LogP contribution in [-0.4, -0.2) is 9.55 Å². The second kappa shape index (κ2) is 5.98. The van der Waals surface area contributed by atoms with Crippen LogP contribution in [0.4, 0.5) is 0 Å². The fourth-order valence-corrected chi connectivity index (χ4v) is 1.98. The van der Waals surface area contributed by atoms with Crippen molar-refractivity contribution in [3.63, 3.8) is 0 Å². The van der Waals surface area contributed by atoms with E-state index in [9.17, 15) is 0 Å². The van der Waals surface area contributed by atoms with E-state index in [1.807, 2.05) is 12.4 Å². The zero-order chi connectivity index (χ0) is 12.1. The number of aryl methyl sites for hydroxylation is 1. The lowest BCUT2D eigenvalue weighted by molar-refractivity contribution is 0.613. The van der Waals surface area contributed by atoms with Gasteiger partial charge in [-0.25, -0.2) is 4.98 Å². The molecule has 0 aliphatic rings. The molecule has 0 aliphatic carbocycles. The predicted molar refractivity (Wildman–Crippen MR) is 72.6 cm³/mol. The van der Waals surface area contributed by atoms with Gasteiger partial charge in [0.15, 0.2) is 0 Å². The summed E-state index contributed by atoms with van der Waals surface area (Å²) in [5, 5.41) is 3.40. The average molecular weight is 294 g/mol. The molecule has 17 heavy (non-hydrogen) atoms. The van der Waals surface area contributed by atoms with Crippen LogP contribution in [0, 0.1) is 0 Å². The van der Waals surface area contributed by atoms with Crippen molar-refractivity contribution in [3.05, 3.63) is 52.5 Å². The molecule has 0 saturated heterocycles. The van der Waals surface area contributed by atoms with Crippen molar-refractivity contribution in [2.75, 3.05) is 0 Å². The van der Waals surface area contributed by atoms with Crippen LogP contribution in [0.1, 0.15) is 18.3 Å². The molecule has 0 aliphatic heterocycles.